The normalized spacial score (nSPS) is 11.0. The zero-order valence-corrected chi connectivity index (χ0v) is 11.8. The standard InChI is InChI=1S/C14H20N2OS/c1-11-6-7-13-12(10-11)16-14(18-13)15-8-4-3-5-9-17-2/h6-7,10H,3-5,8-9H2,1-2H3,(H,15,16). The summed E-state index contributed by atoms with van der Waals surface area (Å²) in [6.07, 6.45) is 3.50. The highest BCUT2D eigenvalue weighted by Gasteiger charge is 2.02. The second-order valence-corrected chi connectivity index (χ2v) is 5.50. The van der Waals surface area contributed by atoms with E-state index in [0.717, 1.165) is 36.6 Å². The van der Waals surface area contributed by atoms with Crippen LogP contribution in [0.1, 0.15) is 24.8 Å². The number of ether oxygens (including phenoxy) is 1. The van der Waals surface area contributed by atoms with Gasteiger partial charge in [0.15, 0.2) is 5.13 Å². The number of aryl methyl sites for hydroxylation is 1. The molecule has 0 aliphatic heterocycles. The van der Waals surface area contributed by atoms with E-state index in [2.05, 4.69) is 35.4 Å². The molecule has 0 fully saturated rings. The average Bonchev–Trinajstić information content (AvgIpc) is 2.75. The Bertz CT molecular complexity index is 495. The van der Waals surface area contributed by atoms with Crippen molar-refractivity contribution < 1.29 is 4.74 Å². The molecule has 18 heavy (non-hydrogen) atoms. The Morgan fingerprint density at radius 3 is 3.00 bits per heavy atom. The highest BCUT2D eigenvalue weighted by Crippen LogP contribution is 2.26. The fourth-order valence-corrected chi connectivity index (χ4v) is 2.73. The van der Waals surface area contributed by atoms with Crippen LogP contribution in [-0.2, 0) is 4.74 Å². The van der Waals surface area contributed by atoms with Crippen LogP contribution in [0.15, 0.2) is 18.2 Å². The van der Waals surface area contributed by atoms with Crippen LogP contribution in [0.3, 0.4) is 0 Å². The first-order valence-electron chi connectivity index (χ1n) is 6.39. The van der Waals surface area contributed by atoms with Crippen molar-refractivity contribution in [3.63, 3.8) is 0 Å². The second kappa shape index (κ2) is 6.71. The lowest BCUT2D eigenvalue weighted by Gasteiger charge is -2.01. The van der Waals surface area contributed by atoms with Gasteiger partial charge in [-0.25, -0.2) is 4.98 Å². The fourth-order valence-electron chi connectivity index (χ4n) is 1.86. The minimum Gasteiger partial charge on any atom is -0.385 e. The number of hydrogen-bond acceptors (Lipinski definition) is 4. The van der Waals surface area contributed by atoms with Crippen molar-refractivity contribution in [1.82, 2.24) is 4.98 Å². The third kappa shape index (κ3) is 3.68. The summed E-state index contributed by atoms with van der Waals surface area (Å²) in [7, 11) is 1.75. The van der Waals surface area contributed by atoms with E-state index in [1.165, 1.54) is 16.7 Å². The summed E-state index contributed by atoms with van der Waals surface area (Å²) < 4.78 is 6.28. The van der Waals surface area contributed by atoms with E-state index in [1.54, 1.807) is 18.4 Å². The van der Waals surface area contributed by atoms with Gasteiger partial charge < -0.3 is 10.1 Å². The van der Waals surface area contributed by atoms with Crippen LogP contribution in [0.5, 0.6) is 0 Å². The van der Waals surface area contributed by atoms with Crippen LogP contribution >= 0.6 is 11.3 Å². The molecule has 0 amide bonds. The predicted octanol–water partition coefficient (Wildman–Crippen LogP) is 3.83. The summed E-state index contributed by atoms with van der Waals surface area (Å²) in [4.78, 5) is 4.59. The highest BCUT2D eigenvalue weighted by atomic mass is 32.1. The number of methoxy groups -OCH3 is 1. The number of rotatable bonds is 7. The van der Waals surface area contributed by atoms with E-state index in [0.29, 0.717) is 0 Å². The number of thiazole rings is 1. The molecule has 4 heteroatoms. The van der Waals surface area contributed by atoms with E-state index in [1.807, 2.05) is 0 Å². The van der Waals surface area contributed by atoms with Gasteiger partial charge in [-0.1, -0.05) is 17.4 Å². The van der Waals surface area contributed by atoms with Crippen molar-refractivity contribution in [2.24, 2.45) is 0 Å². The van der Waals surface area contributed by atoms with Gasteiger partial charge >= 0.3 is 0 Å². The summed E-state index contributed by atoms with van der Waals surface area (Å²) in [5.41, 5.74) is 2.36. The van der Waals surface area contributed by atoms with Crippen LogP contribution in [0.2, 0.25) is 0 Å². The van der Waals surface area contributed by atoms with Crippen molar-refractivity contribution in [2.75, 3.05) is 25.6 Å². The van der Waals surface area contributed by atoms with Gasteiger partial charge in [0.1, 0.15) is 0 Å². The molecule has 2 aromatic rings. The van der Waals surface area contributed by atoms with Crippen molar-refractivity contribution in [3.8, 4) is 0 Å². The zero-order valence-electron chi connectivity index (χ0n) is 11.0. The van der Waals surface area contributed by atoms with Crippen molar-refractivity contribution >= 4 is 26.7 Å². The highest BCUT2D eigenvalue weighted by molar-refractivity contribution is 7.22. The first kappa shape index (κ1) is 13.3. The third-order valence-corrected chi connectivity index (χ3v) is 3.84. The predicted molar refractivity (Wildman–Crippen MR) is 78.6 cm³/mol. The fraction of sp³-hybridized carbons (Fsp3) is 0.500. The number of nitrogens with one attached hydrogen (secondary N) is 1. The van der Waals surface area contributed by atoms with Gasteiger partial charge in [-0.2, -0.15) is 0 Å². The Kier molecular flexibility index (Phi) is 4.96. The van der Waals surface area contributed by atoms with Crippen LogP contribution in [0, 0.1) is 6.92 Å². The van der Waals surface area contributed by atoms with Crippen LogP contribution in [0.4, 0.5) is 5.13 Å². The SMILES string of the molecule is COCCCCCNc1nc2cc(C)ccc2s1. The van der Waals surface area contributed by atoms with Gasteiger partial charge in [0.05, 0.1) is 10.2 Å². The van der Waals surface area contributed by atoms with Crippen molar-refractivity contribution in [3.05, 3.63) is 23.8 Å². The van der Waals surface area contributed by atoms with E-state index in [9.17, 15) is 0 Å². The molecule has 1 heterocycles. The van der Waals surface area contributed by atoms with E-state index in [-0.39, 0.29) is 0 Å². The first-order chi connectivity index (χ1) is 8.79. The summed E-state index contributed by atoms with van der Waals surface area (Å²) in [6, 6.07) is 6.41. The van der Waals surface area contributed by atoms with Crippen molar-refractivity contribution in [2.45, 2.75) is 26.2 Å². The number of fused-ring (bicyclic) bond motifs is 1. The Balaban J connectivity index is 1.81. The third-order valence-electron chi connectivity index (χ3n) is 2.84. The summed E-state index contributed by atoms with van der Waals surface area (Å²) in [5.74, 6) is 0. The van der Waals surface area contributed by atoms with Gasteiger partial charge in [-0.3, -0.25) is 0 Å². The van der Waals surface area contributed by atoms with Gasteiger partial charge in [0, 0.05) is 20.3 Å². The zero-order chi connectivity index (χ0) is 12.8. The van der Waals surface area contributed by atoms with E-state index < -0.39 is 0 Å². The number of anilines is 1. The molecule has 1 aromatic carbocycles. The molecule has 2 rings (SSSR count). The molecule has 0 aliphatic rings. The Hall–Kier alpha value is -1.13. The topological polar surface area (TPSA) is 34.1 Å². The largest absolute Gasteiger partial charge is 0.385 e. The maximum absolute atomic E-state index is 5.03. The molecule has 0 unspecified atom stereocenters. The lowest BCUT2D eigenvalue weighted by atomic mass is 10.2. The lowest BCUT2D eigenvalue weighted by molar-refractivity contribution is 0.192. The molecule has 98 valence electrons. The Morgan fingerprint density at radius 2 is 2.17 bits per heavy atom. The summed E-state index contributed by atoms with van der Waals surface area (Å²) in [5, 5.41) is 4.43. The number of hydrogen-bond donors (Lipinski definition) is 1. The first-order valence-corrected chi connectivity index (χ1v) is 7.21. The molecule has 0 spiro atoms. The lowest BCUT2D eigenvalue weighted by Crippen LogP contribution is -2.01. The number of nitrogens with zero attached hydrogens (tertiary/aromatic N) is 1. The second-order valence-electron chi connectivity index (χ2n) is 4.47. The monoisotopic (exact) mass is 264 g/mol. The quantitative estimate of drug-likeness (QED) is 0.772. The Labute approximate surface area is 112 Å². The molecule has 0 saturated carbocycles. The van der Waals surface area contributed by atoms with Gasteiger partial charge in [0.2, 0.25) is 0 Å². The average molecular weight is 264 g/mol. The van der Waals surface area contributed by atoms with Gasteiger partial charge in [-0.15, -0.1) is 0 Å². The molecule has 0 atom stereocenters. The number of benzene rings is 1. The molecule has 3 nitrogen and oxygen atoms in total. The van der Waals surface area contributed by atoms with Crippen LogP contribution < -0.4 is 5.32 Å². The van der Waals surface area contributed by atoms with Crippen LogP contribution in [0.25, 0.3) is 10.2 Å². The molecular formula is C14H20N2OS. The molecule has 0 radical (unpaired) electrons. The Morgan fingerprint density at radius 1 is 1.28 bits per heavy atom. The number of unbranched alkanes of at least 4 members (excludes halogenated alkanes) is 2. The summed E-state index contributed by atoms with van der Waals surface area (Å²) in [6.45, 7) is 3.95. The van der Waals surface area contributed by atoms with E-state index in [4.69, 9.17) is 4.74 Å². The smallest absolute Gasteiger partial charge is 0.183 e. The molecule has 0 bridgehead atoms. The molecule has 1 aromatic heterocycles. The molecule has 0 aliphatic carbocycles. The van der Waals surface area contributed by atoms with E-state index >= 15 is 0 Å². The molecule has 1 N–H and O–H groups in total. The molecule has 0 saturated heterocycles. The number of aromatic nitrogens is 1. The van der Waals surface area contributed by atoms with Crippen LogP contribution in [-0.4, -0.2) is 25.2 Å². The van der Waals surface area contributed by atoms with Crippen molar-refractivity contribution in [1.29, 1.82) is 0 Å². The minimum atomic E-state index is 0.862. The minimum absolute atomic E-state index is 0.862. The van der Waals surface area contributed by atoms with Gasteiger partial charge in [-0.05, 0) is 43.9 Å². The van der Waals surface area contributed by atoms with Gasteiger partial charge in [0.25, 0.3) is 0 Å². The maximum atomic E-state index is 5.03. The summed E-state index contributed by atoms with van der Waals surface area (Å²) >= 11 is 1.73. The molecular weight excluding hydrogens is 244 g/mol. The maximum Gasteiger partial charge on any atom is 0.183 e.